The number of hydrogen-bond acceptors (Lipinski definition) is 8. The zero-order valence-electron chi connectivity index (χ0n) is 18.8. The first-order chi connectivity index (χ1) is 15.3. The zero-order valence-corrected chi connectivity index (χ0v) is 19.6. The summed E-state index contributed by atoms with van der Waals surface area (Å²) in [6.45, 7) is 3.80. The summed E-state index contributed by atoms with van der Waals surface area (Å²) >= 11 is 1.74. The summed E-state index contributed by atoms with van der Waals surface area (Å²) in [4.78, 5) is 21.2. The molecule has 3 rings (SSSR count). The Balaban J connectivity index is 1.94. The molecule has 8 nitrogen and oxygen atoms in total. The number of carbonyl (C=O) groups excluding carboxylic acids is 1. The lowest BCUT2D eigenvalue weighted by Gasteiger charge is -2.38. The van der Waals surface area contributed by atoms with Gasteiger partial charge < -0.3 is 25.9 Å². The van der Waals surface area contributed by atoms with Gasteiger partial charge in [-0.3, -0.25) is 9.78 Å². The molecule has 1 fully saturated rings. The number of amides is 1. The van der Waals surface area contributed by atoms with Gasteiger partial charge in [-0.15, -0.1) is 0 Å². The lowest BCUT2D eigenvalue weighted by Crippen LogP contribution is -2.55. The van der Waals surface area contributed by atoms with Crippen LogP contribution in [0.15, 0.2) is 24.5 Å². The molecule has 0 atom stereocenters. The summed E-state index contributed by atoms with van der Waals surface area (Å²) < 4.78 is 29.6. The van der Waals surface area contributed by atoms with Gasteiger partial charge in [0.2, 0.25) is 0 Å². The van der Waals surface area contributed by atoms with Crippen molar-refractivity contribution in [1.82, 2.24) is 15.3 Å². The van der Waals surface area contributed by atoms with Crippen molar-refractivity contribution in [2.24, 2.45) is 0 Å². The van der Waals surface area contributed by atoms with Crippen LogP contribution in [0, 0.1) is 12.3 Å². The summed E-state index contributed by atoms with van der Waals surface area (Å²) in [5.74, 6) is 1.42. The number of carbonyl (C=O) groups is 1. The Hall–Kier alpha value is -2.79. The van der Waals surface area contributed by atoms with Gasteiger partial charge in [-0.1, -0.05) is 0 Å². The molecule has 11 heteroatoms. The molecule has 0 radical (unpaired) electrons. The highest BCUT2D eigenvalue weighted by Gasteiger charge is 2.34. The van der Waals surface area contributed by atoms with E-state index in [0.29, 0.717) is 16.9 Å². The van der Waals surface area contributed by atoms with Crippen molar-refractivity contribution in [2.45, 2.75) is 51.9 Å². The summed E-state index contributed by atoms with van der Waals surface area (Å²) in [6, 6.07) is 2.89. The minimum Gasteiger partial charge on any atom is -0.433 e. The highest BCUT2D eigenvalue weighted by molar-refractivity contribution is 8.00. The molecule has 33 heavy (non-hydrogen) atoms. The van der Waals surface area contributed by atoms with E-state index in [1.807, 2.05) is 6.92 Å². The molecular weight excluding hydrogens is 452 g/mol. The lowest BCUT2D eigenvalue weighted by molar-refractivity contribution is -0.0500. The molecule has 0 unspecified atom stereocenters. The van der Waals surface area contributed by atoms with Crippen LogP contribution in [0.3, 0.4) is 0 Å². The van der Waals surface area contributed by atoms with Crippen molar-refractivity contribution < 1.29 is 23.4 Å². The molecule has 2 aromatic heterocycles. The maximum absolute atomic E-state index is 12.8. The molecule has 4 N–H and O–H groups in total. The Morgan fingerprint density at radius 2 is 2.03 bits per heavy atom. The van der Waals surface area contributed by atoms with Gasteiger partial charge in [-0.25, -0.2) is 4.98 Å². The minimum atomic E-state index is -3.00. The Labute approximate surface area is 195 Å². The molecule has 3 heterocycles. The van der Waals surface area contributed by atoms with Gasteiger partial charge in [0.15, 0.2) is 0 Å². The van der Waals surface area contributed by atoms with Gasteiger partial charge in [0.05, 0.1) is 34.3 Å². The van der Waals surface area contributed by atoms with Gasteiger partial charge in [0.1, 0.15) is 11.6 Å². The third-order valence-corrected chi connectivity index (χ3v) is 6.56. The van der Waals surface area contributed by atoms with Crippen LogP contribution < -0.4 is 15.4 Å². The number of nitrogens with one attached hydrogen (secondary N) is 3. The number of aromatic nitrogens is 2. The summed E-state index contributed by atoms with van der Waals surface area (Å²) in [5, 5.41) is 24.7. The van der Waals surface area contributed by atoms with Crippen molar-refractivity contribution in [3.05, 3.63) is 41.3 Å². The van der Waals surface area contributed by atoms with Crippen LogP contribution in [0.4, 0.5) is 20.3 Å². The molecule has 178 valence electrons. The maximum Gasteiger partial charge on any atom is 0.387 e. The normalized spacial score (nSPS) is 15.0. The summed E-state index contributed by atoms with van der Waals surface area (Å²) in [6.07, 6.45) is 2.58. The average molecular weight is 480 g/mol. The minimum absolute atomic E-state index is 0.00849. The number of nitrogens with zero attached hydrogens (tertiary/aromatic N) is 2. The highest BCUT2D eigenvalue weighted by Crippen LogP contribution is 2.30. The van der Waals surface area contributed by atoms with Crippen LogP contribution >= 0.6 is 11.8 Å². The molecule has 0 aliphatic carbocycles. The van der Waals surface area contributed by atoms with Gasteiger partial charge in [0, 0.05) is 41.5 Å². The van der Waals surface area contributed by atoms with E-state index >= 15 is 0 Å². The predicted molar refractivity (Wildman–Crippen MR) is 124 cm³/mol. The second-order valence-corrected chi connectivity index (χ2v) is 9.89. The standard InChI is InChI=1S/C22H27F2N5O3S/c1-12-17(6-14(9-26-12)32-20(23)24)28-18-15(16(25)7-21(2,3)31)5-13(8-27-18)19(30)29-22(4)10-33-11-22/h5-6,8-9,20,25,31H,7,10-11H2,1-4H3,(H,27,28)(H,29,30). The van der Waals surface area contributed by atoms with E-state index in [2.05, 4.69) is 25.3 Å². The first kappa shape index (κ1) is 24.8. The molecule has 0 spiro atoms. The number of alkyl halides is 2. The van der Waals surface area contributed by atoms with Crippen LogP contribution in [0.1, 0.15) is 48.8 Å². The van der Waals surface area contributed by atoms with E-state index in [1.54, 1.807) is 32.5 Å². The number of rotatable bonds is 9. The zero-order chi connectivity index (χ0) is 24.4. The molecule has 0 saturated carbocycles. The molecule has 0 bridgehead atoms. The topological polar surface area (TPSA) is 120 Å². The number of aliphatic hydroxyl groups is 1. The fourth-order valence-corrected chi connectivity index (χ4v) is 4.17. The van der Waals surface area contributed by atoms with Crippen molar-refractivity contribution in [3.63, 3.8) is 0 Å². The molecule has 1 aliphatic rings. The number of anilines is 2. The quantitative estimate of drug-likeness (QED) is 0.403. The van der Waals surface area contributed by atoms with Crippen molar-refractivity contribution in [2.75, 3.05) is 16.8 Å². The second kappa shape index (κ2) is 9.60. The van der Waals surface area contributed by atoms with Crippen molar-refractivity contribution >= 4 is 34.9 Å². The van der Waals surface area contributed by atoms with E-state index in [-0.39, 0.29) is 40.7 Å². The SMILES string of the molecule is Cc1ncc(OC(F)F)cc1Nc1ncc(C(=O)NC2(C)CSC2)cc1C(=N)CC(C)(C)O. The Kier molecular flexibility index (Phi) is 7.23. The van der Waals surface area contributed by atoms with Crippen molar-refractivity contribution in [1.29, 1.82) is 5.41 Å². The van der Waals surface area contributed by atoms with E-state index in [9.17, 15) is 18.7 Å². The Morgan fingerprint density at radius 3 is 2.61 bits per heavy atom. The Bertz CT molecular complexity index is 1050. The lowest BCUT2D eigenvalue weighted by atomic mass is 9.96. The van der Waals surface area contributed by atoms with E-state index < -0.39 is 12.2 Å². The highest BCUT2D eigenvalue weighted by atomic mass is 32.2. The molecule has 1 saturated heterocycles. The molecule has 1 amide bonds. The average Bonchev–Trinajstić information content (AvgIpc) is 2.67. The number of ether oxygens (including phenoxy) is 1. The molecule has 1 aliphatic heterocycles. The molecule has 0 aromatic carbocycles. The summed E-state index contributed by atoms with van der Waals surface area (Å²) in [5.41, 5.74) is 0.0447. The molecule has 2 aromatic rings. The van der Waals surface area contributed by atoms with Gasteiger partial charge in [0.25, 0.3) is 5.91 Å². The maximum atomic E-state index is 12.8. The summed E-state index contributed by atoms with van der Waals surface area (Å²) in [7, 11) is 0. The van der Waals surface area contributed by atoms with Crippen molar-refractivity contribution in [3.8, 4) is 5.75 Å². The van der Waals surface area contributed by atoms with Crippen LogP contribution in [-0.2, 0) is 0 Å². The van der Waals surface area contributed by atoms with Crippen LogP contribution in [0.2, 0.25) is 0 Å². The second-order valence-electron chi connectivity index (χ2n) is 8.90. The fourth-order valence-electron chi connectivity index (χ4n) is 3.21. The van der Waals surface area contributed by atoms with E-state index in [0.717, 1.165) is 11.5 Å². The number of halogens is 2. The number of hydrogen-bond donors (Lipinski definition) is 4. The Morgan fingerprint density at radius 1 is 1.33 bits per heavy atom. The molecular formula is C22H27F2N5O3S. The van der Waals surface area contributed by atoms with Crippen LogP contribution in [-0.4, -0.2) is 56.0 Å². The first-order valence-corrected chi connectivity index (χ1v) is 11.4. The monoisotopic (exact) mass is 479 g/mol. The predicted octanol–water partition coefficient (Wildman–Crippen LogP) is 3.89. The third kappa shape index (κ3) is 6.61. The van der Waals surface area contributed by atoms with Gasteiger partial charge in [-0.2, -0.15) is 20.5 Å². The van der Waals surface area contributed by atoms with Gasteiger partial charge in [-0.05, 0) is 33.8 Å². The van der Waals surface area contributed by atoms with Gasteiger partial charge >= 0.3 is 6.61 Å². The van der Waals surface area contributed by atoms with Crippen LogP contribution in [0.25, 0.3) is 0 Å². The number of aryl methyl sites for hydroxylation is 1. The largest absolute Gasteiger partial charge is 0.433 e. The number of thioether (sulfide) groups is 1. The van der Waals surface area contributed by atoms with E-state index in [1.165, 1.54) is 24.5 Å². The first-order valence-electron chi connectivity index (χ1n) is 10.2. The third-order valence-electron chi connectivity index (χ3n) is 4.88. The number of pyridine rings is 2. The smallest absolute Gasteiger partial charge is 0.387 e. The van der Waals surface area contributed by atoms with Crippen LogP contribution in [0.5, 0.6) is 5.75 Å². The van der Waals surface area contributed by atoms with E-state index in [4.69, 9.17) is 5.41 Å². The fraction of sp³-hybridized carbons (Fsp3) is 0.455.